The van der Waals surface area contributed by atoms with Gasteiger partial charge in [0, 0.05) is 0 Å². The number of nitriles is 1. The van der Waals surface area contributed by atoms with Gasteiger partial charge in [0.2, 0.25) is 0 Å². The molecule has 0 unspecified atom stereocenters. The normalized spacial score (nSPS) is 10.7. The highest BCUT2D eigenvalue weighted by molar-refractivity contribution is 7.71. The molecule has 3 nitrogen and oxygen atoms in total. The first-order chi connectivity index (χ1) is 9.61. The molecule has 98 valence electrons. The lowest BCUT2D eigenvalue weighted by Gasteiger charge is -2.06. The van der Waals surface area contributed by atoms with Crippen molar-refractivity contribution in [1.82, 2.24) is 9.55 Å². The molecule has 0 saturated carbocycles. The summed E-state index contributed by atoms with van der Waals surface area (Å²) >= 11 is 11.3. The third-order valence-corrected chi connectivity index (χ3v) is 3.58. The van der Waals surface area contributed by atoms with Crippen LogP contribution in [0, 0.1) is 21.9 Å². The highest BCUT2D eigenvalue weighted by atomic mass is 35.5. The van der Waals surface area contributed by atoms with Crippen LogP contribution in [-0.4, -0.2) is 9.55 Å². The van der Waals surface area contributed by atoms with Crippen LogP contribution in [0.15, 0.2) is 36.4 Å². The lowest BCUT2D eigenvalue weighted by atomic mass is 10.2. The van der Waals surface area contributed by atoms with Crippen molar-refractivity contribution in [2.45, 2.75) is 0 Å². The molecule has 0 spiro atoms. The van der Waals surface area contributed by atoms with Gasteiger partial charge in [0.15, 0.2) is 4.77 Å². The van der Waals surface area contributed by atoms with Crippen molar-refractivity contribution < 1.29 is 4.39 Å². The molecule has 0 fully saturated rings. The third kappa shape index (κ3) is 1.90. The van der Waals surface area contributed by atoms with Gasteiger partial charge in [0.25, 0.3) is 0 Å². The Bertz CT molecular complexity index is 920. The average Bonchev–Trinajstić information content (AvgIpc) is 2.77. The summed E-state index contributed by atoms with van der Waals surface area (Å²) in [4.78, 5) is 2.96. The fourth-order valence-corrected chi connectivity index (χ4v) is 2.61. The van der Waals surface area contributed by atoms with Gasteiger partial charge in [0.1, 0.15) is 5.82 Å². The van der Waals surface area contributed by atoms with Crippen LogP contribution >= 0.6 is 23.8 Å². The van der Waals surface area contributed by atoms with E-state index >= 15 is 0 Å². The van der Waals surface area contributed by atoms with Gasteiger partial charge in [0.05, 0.1) is 33.4 Å². The Hall–Kier alpha value is -2.16. The molecule has 0 aliphatic rings. The highest BCUT2D eigenvalue weighted by Gasteiger charge is 2.12. The van der Waals surface area contributed by atoms with Crippen molar-refractivity contribution in [3.63, 3.8) is 0 Å². The van der Waals surface area contributed by atoms with Gasteiger partial charge < -0.3 is 4.98 Å². The summed E-state index contributed by atoms with van der Waals surface area (Å²) in [7, 11) is 0. The fourth-order valence-electron chi connectivity index (χ4n) is 2.09. The number of aromatic amines is 1. The minimum Gasteiger partial charge on any atom is -0.329 e. The second kappa shape index (κ2) is 4.75. The predicted molar refractivity (Wildman–Crippen MR) is 78.1 cm³/mol. The molecular formula is C14H7ClFN3S. The van der Waals surface area contributed by atoms with Gasteiger partial charge in [-0.3, -0.25) is 4.57 Å². The Labute approximate surface area is 123 Å². The molecule has 0 atom stereocenters. The minimum atomic E-state index is -0.513. The van der Waals surface area contributed by atoms with Crippen LogP contribution in [0.4, 0.5) is 4.39 Å². The summed E-state index contributed by atoms with van der Waals surface area (Å²) in [6, 6.07) is 11.4. The van der Waals surface area contributed by atoms with E-state index in [1.807, 2.05) is 6.07 Å². The van der Waals surface area contributed by atoms with Gasteiger partial charge in [-0.2, -0.15) is 5.26 Å². The van der Waals surface area contributed by atoms with E-state index in [1.165, 1.54) is 12.1 Å². The molecular weight excluding hydrogens is 297 g/mol. The fraction of sp³-hybridized carbons (Fsp3) is 0. The number of imidazole rings is 1. The number of H-pyrrole nitrogens is 1. The highest BCUT2D eigenvalue weighted by Crippen LogP contribution is 2.26. The number of rotatable bonds is 1. The number of halogens is 2. The molecule has 1 N–H and O–H groups in total. The molecule has 3 rings (SSSR count). The molecule has 6 heteroatoms. The minimum absolute atomic E-state index is 0.260. The van der Waals surface area contributed by atoms with Gasteiger partial charge in [-0.1, -0.05) is 17.7 Å². The maximum absolute atomic E-state index is 14.1. The van der Waals surface area contributed by atoms with E-state index in [0.717, 1.165) is 0 Å². The molecule has 1 heterocycles. The van der Waals surface area contributed by atoms with Gasteiger partial charge in [-0.05, 0) is 42.5 Å². The Morgan fingerprint density at radius 1 is 1.30 bits per heavy atom. The molecule has 0 saturated heterocycles. The summed E-state index contributed by atoms with van der Waals surface area (Å²) in [5.41, 5.74) is 1.88. The van der Waals surface area contributed by atoms with Gasteiger partial charge in [-0.25, -0.2) is 4.39 Å². The number of fused-ring (bicyclic) bond motifs is 1. The van der Waals surface area contributed by atoms with Gasteiger partial charge in [-0.15, -0.1) is 0 Å². The molecule has 20 heavy (non-hydrogen) atoms. The smallest absolute Gasteiger partial charge is 0.182 e. The number of hydrogen-bond acceptors (Lipinski definition) is 2. The molecule has 0 aliphatic heterocycles. The maximum atomic E-state index is 14.1. The van der Waals surface area contributed by atoms with Crippen molar-refractivity contribution in [2.24, 2.45) is 0 Å². The zero-order valence-corrected chi connectivity index (χ0v) is 11.6. The molecule has 1 aromatic heterocycles. The first-order valence-electron chi connectivity index (χ1n) is 5.71. The maximum Gasteiger partial charge on any atom is 0.182 e. The topological polar surface area (TPSA) is 44.5 Å². The number of nitrogens with zero attached hydrogens (tertiary/aromatic N) is 2. The molecule has 0 bridgehead atoms. The number of benzene rings is 2. The number of hydrogen-bond donors (Lipinski definition) is 1. The zero-order chi connectivity index (χ0) is 14.3. The van der Waals surface area contributed by atoms with Crippen LogP contribution in [0.1, 0.15) is 5.56 Å². The largest absolute Gasteiger partial charge is 0.329 e. The van der Waals surface area contributed by atoms with Crippen LogP contribution in [-0.2, 0) is 0 Å². The lowest BCUT2D eigenvalue weighted by Crippen LogP contribution is -1.98. The van der Waals surface area contributed by atoms with E-state index in [0.29, 0.717) is 20.8 Å². The summed E-state index contributed by atoms with van der Waals surface area (Å²) in [6.07, 6.45) is 0. The third-order valence-electron chi connectivity index (χ3n) is 2.99. The SMILES string of the molecule is N#Cc1ccc(-n2c(=S)[nH]c3c(Cl)cccc32)c(F)c1. The monoisotopic (exact) mass is 303 g/mol. The van der Waals surface area contributed by atoms with Crippen molar-refractivity contribution in [2.75, 3.05) is 0 Å². The van der Waals surface area contributed by atoms with E-state index in [9.17, 15) is 4.39 Å². The van der Waals surface area contributed by atoms with Gasteiger partial charge >= 0.3 is 0 Å². The van der Waals surface area contributed by atoms with Crippen molar-refractivity contribution in [1.29, 1.82) is 5.26 Å². The average molecular weight is 304 g/mol. The van der Waals surface area contributed by atoms with E-state index in [-0.39, 0.29) is 11.3 Å². The summed E-state index contributed by atoms with van der Waals surface area (Å²) in [5.74, 6) is -0.513. The van der Waals surface area contributed by atoms with Crippen LogP contribution in [0.5, 0.6) is 0 Å². The molecule has 0 radical (unpaired) electrons. The Morgan fingerprint density at radius 2 is 2.10 bits per heavy atom. The molecule has 0 aliphatic carbocycles. The van der Waals surface area contributed by atoms with E-state index in [2.05, 4.69) is 4.98 Å². The number of aromatic nitrogens is 2. The Morgan fingerprint density at radius 3 is 2.80 bits per heavy atom. The second-order valence-corrected chi connectivity index (χ2v) is 4.97. The zero-order valence-electron chi connectivity index (χ0n) is 10.0. The predicted octanol–water partition coefficient (Wildman–Crippen LogP) is 4.35. The van der Waals surface area contributed by atoms with Crippen molar-refractivity contribution in [3.05, 3.63) is 57.6 Å². The Kier molecular flexibility index (Phi) is 3.05. The second-order valence-electron chi connectivity index (χ2n) is 4.18. The van der Waals surface area contributed by atoms with Crippen molar-refractivity contribution in [3.8, 4) is 11.8 Å². The first kappa shape index (κ1) is 12.9. The quantitative estimate of drug-likeness (QED) is 0.679. The number of para-hydroxylation sites is 1. The molecule has 2 aromatic carbocycles. The Balaban J connectivity index is 2.36. The van der Waals surface area contributed by atoms with E-state index < -0.39 is 5.82 Å². The molecule has 3 aromatic rings. The van der Waals surface area contributed by atoms with Crippen LogP contribution in [0.3, 0.4) is 0 Å². The summed E-state index contributed by atoms with van der Waals surface area (Å²) in [6.45, 7) is 0. The van der Waals surface area contributed by atoms with E-state index in [1.54, 1.807) is 28.8 Å². The molecule has 0 amide bonds. The van der Waals surface area contributed by atoms with Crippen LogP contribution < -0.4 is 0 Å². The van der Waals surface area contributed by atoms with E-state index in [4.69, 9.17) is 29.1 Å². The van der Waals surface area contributed by atoms with Crippen molar-refractivity contribution >= 4 is 34.9 Å². The summed E-state index contributed by atoms with van der Waals surface area (Å²) in [5, 5.41) is 9.29. The number of nitrogens with one attached hydrogen (secondary N) is 1. The lowest BCUT2D eigenvalue weighted by molar-refractivity contribution is 0.618. The summed E-state index contributed by atoms with van der Waals surface area (Å²) < 4.78 is 16.1. The van der Waals surface area contributed by atoms with Crippen LogP contribution in [0.25, 0.3) is 16.7 Å². The first-order valence-corrected chi connectivity index (χ1v) is 6.49. The van der Waals surface area contributed by atoms with Crippen LogP contribution in [0.2, 0.25) is 5.02 Å². The standard InChI is InChI=1S/C14H7ClFN3S/c15-9-2-1-3-12-13(9)18-14(20)19(12)11-5-4-8(7-17)6-10(11)16/h1-6H,(H,18,20).